The van der Waals surface area contributed by atoms with Gasteiger partial charge in [0.1, 0.15) is 0 Å². The molecule has 0 aromatic carbocycles. The van der Waals surface area contributed by atoms with Gasteiger partial charge in [0, 0.05) is 19.4 Å². The maximum Gasteiger partial charge on any atom is 0.0964 e. The van der Waals surface area contributed by atoms with Crippen LogP contribution in [0.2, 0.25) is 0 Å². The Morgan fingerprint density at radius 1 is 1.46 bits per heavy atom. The van der Waals surface area contributed by atoms with E-state index in [0.717, 1.165) is 25.7 Å². The Labute approximate surface area is 79.0 Å². The molecular formula is C10H18O3. The van der Waals surface area contributed by atoms with Crippen LogP contribution in [-0.4, -0.2) is 36.1 Å². The number of aliphatic hydroxyl groups is 1. The normalized spacial score (nSPS) is 45.7. The highest BCUT2D eigenvalue weighted by molar-refractivity contribution is 4.93. The third-order valence-corrected chi connectivity index (χ3v) is 3.10. The smallest absolute Gasteiger partial charge is 0.0964 e. The highest BCUT2D eigenvalue weighted by atomic mass is 16.6. The van der Waals surface area contributed by atoms with Gasteiger partial charge in [0.05, 0.1) is 24.4 Å². The molecule has 3 nitrogen and oxygen atoms in total. The monoisotopic (exact) mass is 186 g/mol. The zero-order valence-electron chi connectivity index (χ0n) is 8.16. The minimum Gasteiger partial charge on any atom is -0.393 e. The van der Waals surface area contributed by atoms with Crippen LogP contribution in [0.1, 0.15) is 32.6 Å². The van der Waals surface area contributed by atoms with Crippen LogP contribution in [0.3, 0.4) is 0 Å². The summed E-state index contributed by atoms with van der Waals surface area (Å²) in [5, 5.41) is 9.56. The fourth-order valence-electron chi connectivity index (χ4n) is 2.31. The number of aliphatic hydroxyl groups excluding tert-OH is 1. The standard InChI is InChI=1S/C10H18O3/c1-2-9-6-10(7-12-9)5-8(11)3-4-13-10/h8-9,11H,2-7H2,1H3. The summed E-state index contributed by atoms with van der Waals surface area (Å²) in [6.07, 6.45) is 3.68. The fourth-order valence-corrected chi connectivity index (χ4v) is 2.31. The molecule has 3 unspecified atom stereocenters. The summed E-state index contributed by atoms with van der Waals surface area (Å²) in [6.45, 7) is 3.48. The fraction of sp³-hybridized carbons (Fsp3) is 1.00. The Balaban J connectivity index is 1.97. The van der Waals surface area contributed by atoms with Crippen molar-refractivity contribution in [3.05, 3.63) is 0 Å². The van der Waals surface area contributed by atoms with Crippen molar-refractivity contribution in [2.75, 3.05) is 13.2 Å². The van der Waals surface area contributed by atoms with Crippen LogP contribution in [0.4, 0.5) is 0 Å². The summed E-state index contributed by atoms with van der Waals surface area (Å²) in [6, 6.07) is 0. The Morgan fingerprint density at radius 2 is 2.31 bits per heavy atom. The molecular weight excluding hydrogens is 168 g/mol. The SMILES string of the molecule is CCC1CC2(CO1)CC(O)CCO2. The highest BCUT2D eigenvalue weighted by Gasteiger charge is 2.43. The predicted molar refractivity (Wildman–Crippen MR) is 48.6 cm³/mol. The van der Waals surface area contributed by atoms with Gasteiger partial charge in [-0.2, -0.15) is 0 Å². The first kappa shape index (κ1) is 9.44. The van der Waals surface area contributed by atoms with Crippen molar-refractivity contribution in [3.63, 3.8) is 0 Å². The molecule has 0 saturated carbocycles. The van der Waals surface area contributed by atoms with E-state index in [0.29, 0.717) is 19.3 Å². The predicted octanol–water partition coefficient (Wildman–Crippen LogP) is 1.10. The van der Waals surface area contributed by atoms with Crippen molar-refractivity contribution >= 4 is 0 Å². The number of hydrogen-bond donors (Lipinski definition) is 1. The molecule has 0 radical (unpaired) electrons. The van der Waals surface area contributed by atoms with E-state index >= 15 is 0 Å². The molecule has 0 aromatic heterocycles. The Morgan fingerprint density at radius 3 is 2.92 bits per heavy atom. The van der Waals surface area contributed by atoms with Crippen molar-refractivity contribution in [2.45, 2.75) is 50.4 Å². The lowest BCUT2D eigenvalue weighted by atomic mass is 9.89. The summed E-state index contributed by atoms with van der Waals surface area (Å²) in [5.74, 6) is 0. The van der Waals surface area contributed by atoms with Crippen molar-refractivity contribution in [3.8, 4) is 0 Å². The minimum atomic E-state index is -0.187. The molecule has 2 rings (SSSR count). The van der Waals surface area contributed by atoms with Gasteiger partial charge < -0.3 is 14.6 Å². The van der Waals surface area contributed by atoms with Gasteiger partial charge in [0.25, 0.3) is 0 Å². The second kappa shape index (κ2) is 3.56. The lowest BCUT2D eigenvalue weighted by Crippen LogP contribution is -2.42. The number of hydrogen-bond acceptors (Lipinski definition) is 3. The second-order valence-corrected chi connectivity index (χ2v) is 4.22. The average molecular weight is 186 g/mol. The van der Waals surface area contributed by atoms with E-state index in [2.05, 4.69) is 6.92 Å². The maximum absolute atomic E-state index is 9.56. The Kier molecular flexibility index (Phi) is 2.58. The summed E-state index contributed by atoms with van der Waals surface area (Å²) in [4.78, 5) is 0. The molecule has 2 aliphatic heterocycles. The van der Waals surface area contributed by atoms with Crippen LogP contribution < -0.4 is 0 Å². The summed E-state index contributed by atoms with van der Waals surface area (Å²) < 4.78 is 11.4. The van der Waals surface area contributed by atoms with E-state index in [1.165, 1.54) is 0 Å². The molecule has 0 amide bonds. The molecule has 2 heterocycles. The zero-order valence-corrected chi connectivity index (χ0v) is 8.16. The van der Waals surface area contributed by atoms with Crippen molar-refractivity contribution in [1.82, 2.24) is 0 Å². The molecule has 0 aromatic rings. The van der Waals surface area contributed by atoms with Crippen LogP contribution in [0.25, 0.3) is 0 Å². The molecule has 0 bridgehead atoms. The topological polar surface area (TPSA) is 38.7 Å². The van der Waals surface area contributed by atoms with Crippen LogP contribution >= 0.6 is 0 Å². The quantitative estimate of drug-likeness (QED) is 0.666. The summed E-state index contributed by atoms with van der Waals surface area (Å²) >= 11 is 0. The highest BCUT2D eigenvalue weighted by Crippen LogP contribution is 2.36. The molecule has 2 aliphatic rings. The molecule has 1 spiro atoms. The summed E-state index contributed by atoms with van der Waals surface area (Å²) in [7, 11) is 0. The van der Waals surface area contributed by atoms with Crippen LogP contribution in [0.5, 0.6) is 0 Å². The van der Waals surface area contributed by atoms with E-state index < -0.39 is 0 Å². The Bertz CT molecular complexity index is 183. The summed E-state index contributed by atoms with van der Waals surface area (Å²) in [5.41, 5.74) is -0.154. The van der Waals surface area contributed by atoms with Gasteiger partial charge in [-0.1, -0.05) is 6.92 Å². The molecule has 13 heavy (non-hydrogen) atoms. The van der Waals surface area contributed by atoms with Crippen LogP contribution in [-0.2, 0) is 9.47 Å². The van der Waals surface area contributed by atoms with Crippen molar-refractivity contribution < 1.29 is 14.6 Å². The van der Waals surface area contributed by atoms with Gasteiger partial charge in [-0.25, -0.2) is 0 Å². The number of ether oxygens (including phenoxy) is 2. The first-order valence-electron chi connectivity index (χ1n) is 5.18. The number of rotatable bonds is 1. The molecule has 3 atom stereocenters. The lowest BCUT2D eigenvalue weighted by Gasteiger charge is -2.35. The van der Waals surface area contributed by atoms with Crippen LogP contribution in [0, 0.1) is 0 Å². The molecule has 76 valence electrons. The Hall–Kier alpha value is -0.120. The third kappa shape index (κ3) is 1.87. The van der Waals surface area contributed by atoms with E-state index in [4.69, 9.17) is 9.47 Å². The first-order valence-corrected chi connectivity index (χ1v) is 5.18. The third-order valence-electron chi connectivity index (χ3n) is 3.10. The minimum absolute atomic E-state index is 0.154. The van der Waals surface area contributed by atoms with Crippen LogP contribution in [0.15, 0.2) is 0 Å². The van der Waals surface area contributed by atoms with Gasteiger partial charge in [0.15, 0.2) is 0 Å². The molecule has 2 fully saturated rings. The molecule has 2 saturated heterocycles. The molecule has 3 heteroatoms. The van der Waals surface area contributed by atoms with E-state index in [-0.39, 0.29) is 11.7 Å². The van der Waals surface area contributed by atoms with Gasteiger partial charge >= 0.3 is 0 Å². The van der Waals surface area contributed by atoms with Crippen molar-refractivity contribution in [2.24, 2.45) is 0 Å². The lowest BCUT2D eigenvalue weighted by molar-refractivity contribution is -0.117. The largest absolute Gasteiger partial charge is 0.393 e. The van der Waals surface area contributed by atoms with Gasteiger partial charge in [0.2, 0.25) is 0 Å². The first-order chi connectivity index (χ1) is 6.24. The molecule has 1 N–H and O–H groups in total. The van der Waals surface area contributed by atoms with E-state index in [1.54, 1.807) is 0 Å². The zero-order chi connectivity index (χ0) is 9.31. The van der Waals surface area contributed by atoms with Crippen molar-refractivity contribution in [1.29, 1.82) is 0 Å². The maximum atomic E-state index is 9.56. The average Bonchev–Trinajstić information content (AvgIpc) is 2.48. The van der Waals surface area contributed by atoms with Gasteiger partial charge in [-0.3, -0.25) is 0 Å². The van der Waals surface area contributed by atoms with E-state index in [1.807, 2.05) is 0 Å². The second-order valence-electron chi connectivity index (χ2n) is 4.22. The van der Waals surface area contributed by atoms with Gasteiger partial charge in [-0.05, 0) is 12.8 Å². The van der Waals surface area contributed by atoms with E-state index in [9.17, 15) is 5.11 Å². The molecule has 0 aliphatic carbocycles. The van der Waals surface area contributed by atoms with Gasteiger partial charge in [-0.15, -0.1) is 0 Å².